The van der Waals surface area contributed by atoms with E-state index in [1.807, 2.05) is 49.5 Å². The number of rotatable bonds is 6. The van der Waals surface area contributed by atoms with Crippen molar-refractivity contribution in [1.29, 1.82) is 0 Å². The molecule has 5 heteroatoms. The highest BCUT2D eigenvalue weighted by Gasteiger charge is 2.05. The van der Waals surface area contributed by atoms with Gasteiger partial charge < -0.3 is 10.2 Å². The maximum atomic E-state index is 11.9. The second kappa shape index (κ2) is 8.02. The normalized spacial score (nSPS) is 10.1. The Bertz CT molecular complexity index is 583. The van der Waals surface area contributed by atoms with Crippen LogP contribution in [0, 0.1) is 0 Å². The Labute approximate surface area is 131 Å². The first-order valence-corrected chi connectivity index (χ1v) is 7.49. The lowest BCUT2D eigenvalue weighted by atomic mass is 10.3. The summed E-state index contributed by atoms with van der Waals surface area (Å²) in [5, 5.41) is 5.48. The number of nitrogens with zero attached hydrogens (tertiary/aromatic N) is 2. The summed E-state index contributed by atoms with van der Waals surface area (Å²) in [7, 11) is 2.04. The lowest BCUT2D eigenvalue weighted by Gasteiger charge is -2.18. The number of nitrogens with one attached hydrogen (secondary N) is 2. The van der Waals surface area contributed by atoms with Gasteiger partial charge in [-0.2, -0.15) is 0 Å². The molecule has 116 valence electrons. The van der Waals surface area contributed by atoms with Crippen molar-refractivity contribution in [3.63, 3.8) is 0 Å². The minimum atomic E-state index is -0.300. The zero-order valence-electron chi connectivity index (χ0n) is 13.0. The number of pyridine rings is 1. The standard InChI is InChI=1S/C17H22N4O/c1-3-4-12-21(2)15-10-11-16(18-13-15)20-17(22)19-14-8-6-5-7-9-14/h5-11,13H,3-4,12H2,1-2H3,(H2,18,19,20,22). The summed E-state index contributed by atoms with van der Waals surface area (Å²) in [6.07, 6.45) is 4.08. The van der Waals surface area contributed by atoms with Gasteiger partial charge in [-0.15, -0.1) is 0 Å². The molecule has 0 saturated carbocycles. The molecule has 0 bridgehead atoms. The zero-order chi connectivity index (χ0) is 15.8. The SMILES string of the molecule is CCCCN(C)c1ccc(NC(=O)Nc2ccccc2)nc1. The second-order valence-electron chi connectivity index (χ2n) is 5.12. The number of carbonyl (C=O) groups is 1. The second-order valence-corrected chi connectivity index (χ2v) is 5.12. The molecule has 0 fully saturated rings. The van der Waals surface area contributed by atoms with E-state index in [2.05, 4.69) is 27.4 Å². The summed E-state index contributed by atoms with van der Waals surface area (Å²) in [5.74, 6) is 0.529. The predicted octanol–water partition coefficient (Wildman–Crippen LogP) is 3.96. The smallest absolute Gasteiger partial charge is 0.324 e. The van der Waals surface area contributed by atoms with Gasteiger partial charge in [0.15, 0.2) is 0 Å². The monoisotopic (exact) mass is 298 g/mol. The minimum Gasteiger partial charge on any atom is -0.373 e. The molecule has 1 heterocycles. The largest absolute Gasteiger partial charge is 0.373 e. The summed E-state index contributed by atoms with van der Waals surface area (Å²) in [5.41, 5.74) is 1.79. The molecule has 22 heavy (non-hydrogen) atoms. The van der Waals surface area contributed by atoms with Crippen LogP contribution < -0.4 is 15.5 Å². The lowest BCUT2D eigenvalue weighted by Crippen LogP contribution is -2.21. The van der Waals surface area contributed by atoms with Crippen LogP contribution >= 0.6 is 0 Å². The molecule has 0 saturated heterocycles. The molecule has 2 rings (SSSR count). The van der Waals surface area contributed by atoms with Crippen LogP contribution in [0.2, 0.25) is 0 Å². The Morgan fingerprint density at radius 1 is 1.14 bits per heavy atom. The molecule has 2 N–H and O–H groups in total. The van der Waals surface area contributed by atoms with E-state index in [0.29, 0.717) is 5.82 Å². The molecule has 1 aromatic heterocycles. The Morgan fingerprint density at radius 3 is 2.55 bits per heavy atom. The Kier molecular flexibility index (Phi) is 5.77. The molecule has 2 aromatic rings. The van der Waals surface area contributed by atoms with Crippen molar-refractivity contribution in [1.82, 2.24) is 4.98 Å². The quantitative estimate of drug-likeness (QED) is 0.848. The third-order valence-electron chi connectivity index (χ3n) is 3.31. The molecule has 0 atom stereocenters. The molecule has 0 spiro atoms. The first kappa shape index (κ1) is 15.8. The van der Waals surface area contributed by atoms with Gasteiger partial charge in [0.1, 0.15) is 5.82 Å². The number of aromatic nitrogens is 1. The van der Waals surface area contributed by atoms with Gasteiger partial charge in [-0.1, -0.05) is 31.5 Å². The van der Waals surface area contributed by atoms with Crippen molar-refractivity contribution in [3.05, 3.63) is 48.7 Å². The van der Waals surface area contributed by atoms with Crippen molar-refractivity contribution in [2.45, 2.75) is 19.8 Å². The number of anilines is 3. The van der Waals surface area contributed by atoms with Crippen LogP contribution in [0.1, 0.15) is 19.8 Å². The van der Waals surface area contributed by atoms with Crippen LogP contribution in [-0.2, 0) is 0 Å². The molecule has 0 aliphatic heterocycles. The highest BCUT2D eigenvalue weighted by atomic mass is 16.2. The van der Waals surface area contributed by atoms with Gasteiger partial charge in [0, 0.05) is 19.3 Å². The summed E-state index contributed by atoms with van der Waals surface area (Å²) >= 11 is 0. The Balaban J connectivity index is 1.89. The van der Waals surface area contributed by atoms with E-state index in [4.69, 9.17) is 0 Å². The van der Waals surface area contributed by atoms with Crippen LogP contribution in [0.15, 0.2) is 48.7 Å². The highest BCUT2D eigenvalue weighted by molar-refractivity contribution is 5.99. The Morgan fingerprint density at radius 2 is 1.91 bits per heavy atom. The van der Waals surface area contributed by atoms with E-state index in [9.17, 15) is 4.79 Å². The predicted molar refractivity (Wildman–Crippen MR) is 91.5 cm³/mol. The number of benzene rings is 1. The van der Waals surface area contributed by atoms with Gasteiger partial charge in [0.2, 0.25) is 0 Å². The number of hydrogen-bond acceptors (Lipinski definition) is 3. The minimum absolute atomic E-state index is 0.300. The van der Waals surface area contributed by atoms with Crippen molar-refractivity contribution in [2.75, 3.05) is 29.1 Å². The van der Waals surface area contributed by atoms with Crippen LogP contribution in [0.5, 0.6) is 0 Å². The fourth-order valence-electron chi connectivity index (χ4n) is 2.01. The van der Waals surface area contributed by atoms with Gasteiger partial charge in [0.05, 0.1) is 11.9 Å². The van der Waals surface area contributed by atoms with E-state index in [1.165, 1.54) is 0 Å². The zero-order valence-corrected chi connectivity index (χ0v) is 13.0. The number of carbonyl (C=O) groups excluding carboxylic acids is 1. The summed E-state index contributed by atoms with van der Waals surface area (Å²) in [4.78, 5) is 18.3. The van der Waals surface area contributed by atoms with Gasteiger partial charge in [0.25, 0.3) is 0 Å². The number of hydrogen-bond donors (Lipinski definition) is 2. The van der Waals surface area contributed by atoms with Gasteiger partial charge in [-0.3, -0.25) is 5.32 Å². The van der Waals surface area contributed by atoms with Gasteiger partial charge in [-0.05, 0) is 30.7 Å². The fraction of sp³-hybridized carbons (Fsp3) is 0.294. The van der Waals surface area contributed by atoms with Crippen molar-refractivity contribution in [3.8, 4) is 0 Å². The number of unbranched alkanes of at least 4 members (excludes halogenated alkanes) is 1. The van der Waals surface area contributed by atoms with Crippen LogP contribution in [0.4, 0.5) is 22.0 Å². The molecule has 5 nitrogen and oxygen atoms in total. The van der Waals surface area contributed by atoms with E-state index in [1.54, 1.807) is 6.20 Å². The van der Waals surface area contributed by atoms with E-state index in [-0.39, 0.29) is 6.03 Å². The van der Waals surface area contributed by atoms with Gasteiger partial charge in [-0.25, -0.2) is 9.78 Å². The third kappa shape index (κ3) is 4.77. The highest BCUT2D eigenvalue weighted by Crippen LogP contribution is 2.14. The molecular formula is C17H22N4O. The topological polar surface area (TPSA) is 57.3 Å². The maximum absolute atomic E-state index is 11.9. The first-order chi connectivity index (χ1) is 10.7. The molecule has 0 radical (unpaired) electrons. The van der Waals surface area contributed by atoms with Crippen molar-refractivity contribution >= 4 is 23.2 Å². The molecular weight excluding hydrogens is 276 g/mol. The summed E-state index contributed by atoms with van der Waals surface area (Å²) in [6.45, 7) is 3.17. The van der Waals surface area contributed by atoms with E-state index < -0.39 is 0 Å². The lowest BCUT2D eigenvalue weighted by molar-refractivity contribution is 0.262. The average molecular weight is 298 g/mol. The van der Waals surface area contributed by atoms with Crippen LogP contribution in [0.25, 0.3) is 0 Å². The number of amides is 2. The molecule has 0 unspecified atom stereocenters. The molecule has 0 aliphatic rings. The van der Waals surface area contributed by atoms with Crippen LogP contribution in [-0.4, -0.2) is 24.6 Å². The maximum Gasteiger partial charge on any atom is 0.324 e. The van der Waals surface area contributed by atoms with Gasteiger partial charge >= 0.3 is 6.03 Å². The number of urea groups is 1. The summed E-state index contributed by atoms with van der Waals surface area (Å²) < 4.78 is 0. The van der Waals surface area contributed by atoms with E-state index >= 15 is 0 Å². The van der Waals surface area contributed by atoms with Crippen molar-refractivity contribution in [2.24, 2.45) is 0 Å². The average Bonchev–Trinajstić information content (AvgIpc) is 2.54. The number of para-hydroxylation sites is 1. The summed E-state index contributed by atoms with van der Waals surface area (Å²) in [6, 6.07) is 12.8. The molecule has 1 aromatic carbocycles. The van der Waals surface area contributed by atoms with Crippen LogP contribution in [0.3, 0.4) is 0 Å². The van der Waals surface area contributed by atoms with Crippen molar-refractivity contribution < 1.29 is 4.79 Å². The Hall–Kier alpha value is -2.56. The molecule has 2 amide bonds. The first-order valence-electron chi connectivity index (χ1n) is 7.49. The fourth-order valence-corrected chi connectivity index (χ4v) is 2.01. The molecule has 0 aliphatic carbocycles. The van der Waals surface area contributed by atoms with E-state index in [0.717, 1.165) is 30.8 Å². The third-order valence-corrected chi connectivity index (χ3v) is 3.31.